The first kappa shape index (κ1) is 11.6. The maximum absolute atomic E-state index is 10.8. The Labute approximate surface area is 102 Å². The third-order valence-electron chi connectivity index (χ3n) is 2.27. The molecule has 8 heteroatoms. The Bertz CT molecular complexity index is 601. The second-order valence-corrected chi connectivity index (χ2v) is 3.42. The quantitative estimate of drug-likeness (QED) is 0.548. The molecule has 0 amide bonds. The standard InChI is InChI=1S/C10H10N6O2/c11-8-9(12)13-5-14-10(8)15-6-3-1-2-4-7(6)16(17)18/h1-5H,11H2,(H3,12,13,14,15). The average molecular weight is 246 g/mol. The van der Waals surface area contributed by atoms with Gasteiger partial charge >= 0.3 is 0 Å². The summed E-state index contributed by atoms with van der Waals surface area (Å²) in [7, 11) is 0. The molecule has 0 saturated heterocycles. The van der Waals surface area contributed by atoms with Crippen molar-refractivity contribution in [1.82, 2.24) is 9.97 Å². The lowest BCUT2D eigenvalue weighted by molar-refractivity contribution is -0.383. The summed E-state index contributed by atoms with van der Waals surface area (Å²) in [6.07, 6.45) is 1.23. The minimum atomic E-state index is -0.497. The Morgan fingerprint density at radius 2 is 1.94 bits per heavy atom. The van der Waals surface area contributed by atoms with Crippen molar-refractivity contribution in [2.75, 3.05) is 16.8 Å². The van der Waals surface area contributed by atoms with Crippen molar-refractivity contribution in [3.05, 3.63) is 40.7 Å². The number of nitrogens with two attached hydrogens (primary N) is 2. The summed E-state index contributed by atoms with van der Waals surface area (Å²) in [6, 6.07) is 6.16. The molecule has 5 N–H and O–H groups in total. The van der Waals surface area contributed by atoms with Gasteiger partial charge < -0.3 is 16.8 Å². The molecule has 1 heterocycles. The minimum Gasteiger partial charge on any atom is -0.393 e. The van der Waals surface area contributed by atoms with Crippen LogP contribution in [0.4, 0.5) is 28.7 Å². The summed E-state index contributed by atoms with van der Waals surface area (Å²) < 4.78 is 0. The van der Waals surface area contributed by atoms with E-state index in [0.717, 1.165) is 0 Å². The zero-order chi connectivity index (χ0) is 13.1. The lowest BCUT2D eigenvalue weighted by Crippen LogP contribution is -2.05. The first-order valence-corrected chi connectivity index (χ1v) is 4.96. The van der Waals surface area contributed by atoms with Gasteiger partial charge in [0.25, 0.3) is 5.69 Å². The maximum Gasteiger partial charge on any atom is 0.292 e. The second-order valence-electron chi connectivity index (χ2n) is 3.42. The van der Waals surface area contributed by atoms with Crippen LogP contribution >= 0.6 is 0 Å². The molecule has 0 unspecified atom stereocenters. The fraction of sp³-hybridized carbons (Fsp3) is 0. The van der Waals surface area contributed by atoms with Crippen molar-refractivity contribution in [3.8, 4) is 0 Å². The number of para-hydroxylation sites is 2. The van der Waals surface area contributed by atoms with Gasteiger partial charge in [-0.05, 0) is 6.07 Å². The molecule has 0 aliphatic heterocycles. The van der Waals surface area contributed by atoms with Gasteiger partial charge in [0, 0.05) is 6.07 Å². The molecule has 8 nitrogen and oxygen atoms in total. The molecule has 1 aromatic carbocycles. The van der Waals surface area contributed by atoms with Gasteiger partial charge in [-0.1, -0.05) is 12.1 Å². The minimum absolute atomic E-state index is 0.0749. The highest BCUT2D eigenvalue weighted by molar-refractivity contribution is 5.78. The van der Waals surface area contributed by atoms with Crippen molar-refractivity contribution in [2.24, 2.45) is 0 Å². The highest BCUT2D eigenvalue weighted by Gasteiger charge is 2.14. The van der Waals surface area contributed by atoms with E-state index in [4.69, 9.17) is 11.5 Å². The maximum atomic E-state index is 10.8. The molecular formula is C10H10N6O2. The van der Waals surface area contributed by atoms with Crippen LogP contribution in [0.5, 0.6) is 0 Å². The molecule has 0 radical (unpaired) electrons. The van der Waals surface area contributed by atoms with Gasteiger partial charge in [-0.2, -0.15) is 0 Å². The van der Waals surface area contributed by atoms with Crippen LogP contribution in [-0.4, -0.2) is 14.9 Å². The Kier molecular flexibility index (Phi) is 2.92. The molecule has 0 aliphatic rings. The van der Waals surface area contributed by atoms with Crippen LogP contribution in [0.3, 0.4) is 0 Å². The molecule has 2 aromatic rings. The van der Waals surface area contributed by atoms with E-state index < -0.39 is 4.92 Å². The summed E-state index contributed by atoms with van der Waals surface area (Å²) in [6.45, 7) is 0. The van der Waals surface area contributed by atoms with Gasteiger partial charge in [0.1, 0.15) is 17.7 Å². The van der Waals surface area contributed by atoms with Crippen LogP contribution in [0.15, 0.2) is 30.6 Å². The number of benzene rings is 1. The van der Waals surface area contributed by atoms with Crippen molar-refractivity contribution >= 4 is 28.7 Å². The molecule has 18 heavy (non-hydrogen) atoms. The summed E-state index contributed by atoms with van der Waals surface area (Å²) in [4.78, 5) is 17.9. The monoisotopic (exact) mass is 246 g/mol. The van der Waals surface area contributed by atoms with Gasteiger partial charge in [-0.25, -0.2) is 9.97 Å². The predicted octanol–water partition coefficient (Wildman–Crippen LogP) is 1.29. The number of aromatic nitrogens is 2. The predicted molar refractivity (Wildman–Crippen MR) is 67.2 cm³/mol. The van der Waals surface area contributed by atoms with Gasteiger partial charge in [0.05, 0.1) is 4.92 Å². The van der Waals surface area contributed by atoms with Crippen molar-refractivity contribution in [2.45, 2.75) is 0 Å². The normalized spacial score (nSPS) is 10.0. The third kappa shape index (κ3) is 2.12. The van der Waals surface area contributed by atoms with Crippen LogP contribution in [0.1, 0.15) is 0 Å². The largest absolute Gasteiger partial charge is 0.393 e. The highest BCUT2D eigenvalue weighted by atomic mass is 16.6. The molecule has 0 atom stereocenters. The number of anilines is 4. The number of rotatable bonds is 3. The number of nitrogens with zero attached hydrogens (tertiary/aromatic N) is 3. The van der Waals surface area contributed by atoms with E-state index in [1.807, 2.05) is 0 Å². The topological polar surface area (TPSA) is 133 Å². The number of nitrogen functional groups attached to an aromatic ring is 2. The molecule has 0 bridgehead atoms. The Balaban J connectivity index is 2.40. The molecule has 0 aliphatic carbocycles. The number of nitro groups is 1. The van der Waals surface area contributed by atoms with Gasteiger partial charge in [-0.3, -0.25) is 10.1 Å². The lowest BCUT2D eigenvalue weighted by atomic mass is 10.2. The van der Waals surface area contributed by atoms with E-state index in [2.05, 4.69) is 15.3 Å². The Morgan fingerprint density at radius 3 is 2.67 bits per heavy atom. The van der Waals surface area contributed by atoms with Crippen molar-refractivity contribution < 1.29 is 4.92 Å². The zero-order valence-electron chi connectivity index (χ0n) is 9.20. The van der Waals surface area contributed by atoms with E-state index in [1.54, 1.807) is 18.2 Å². The molecule has 2 rings (SSSR count). The fourth-order valence-electron chi connectivity index (χ4n) is 1.37. The van der Waals surface area contributed by atoms with E-state index in [0.29, 0.717) is 0 Å². The molecular weight excluding hydrogens is 236 g/mol. The molecule has 0 fully saturated rings. The van der Waals surface area contributed by atoms with Crippen LogP contribution in [0.25, 0.3) is 0 Å². The van der Waals surface area contributed by atoms with E-state index in [9.17, 15) is 10.1 Å². The Hall–Kier alpha value is -2.90. The molecule has 0 spiro atoms. The smallest absolute Gasteiger partial charge is 0.292 e. The van der Waals surface area contributed by atoms with Crippen molar-refractivity contribution in [3.63, 3.8) is 0 Å². The SMILES string of the molecule is Nc1ncnc(Nc2ccccc2[N+](=O)[O-])c1N. The third-order valence-corrected chi connectivity index (χ3v) is 2.27. The number of nitro benzene ring substituents is 1. The molecule has 1 aromatic heterocycles. The zero-order valence-corrected chi connectivity index (χ0v) is 9.20. The van der Waals surface area contributed by atoms with Gasteiger partial charge in [-0.15, -0.1) is 0 Å². The first-order valence-electron chi connectivity index (χ1n) is 4.96. The first-order chi connectivity index (χ1) is 8.59. The Morgan fingerprint density at radius 1 is 1.22 bits per heavy atom. The van der Waals surface area contributed by atoms with Crippen molar-refractivity contribution in [1.29, 1.82) is 0 Å². The van der Waals surface area contributed by atoms with Crippen LogP contribution in [-0.2, 0) is 0 Å². The molecule has 0 saturated carbocycles. The van der Waals surface area contributed by atoms with Crippen LogP contribution < -0.4 is 16.8 Å². The van der Waals surface area contributed by atoms with Gasteiger partial charge in [0.15, 0.2) is 11.6 Å². The average Bonchev–Trinajstić information content (AvgIpc) is 2.35. The highest BCUT2D eigenvalue weighted by Crippen LogP contribution is 2.29. The fourth-order valence-corrected chi connectivity index (χ4v) is 1.37. The molecule has 92 valence electrons. The van der Waals surface area contributed by atoms with Gasteiger partial charge in [0.2, 0.25) is 0 Å². The van der Waals surface area contributed by atoms with Crippen LogP contribution in [0.2, 0.25) is 0 Å². The summed E-state index contributed by atoms with van der Waals surface area (Å²) in [5.41, 5.74) is 11.6. The van der Waals surface area contributed by atoms with Crippen LogP contribution in [0, 0.1) is 10.1 Å². The summed E-state index contributed by atoms with van der Waals surface area (Å²) in [5, 5.41) is 13.6. The summed E-state index contributed by atoms with van der Waals surface area (Å²) >= 11 is 0. The number of nitrogens with one attached hydrogen (secondary N) is 1. The van der Waals surface area contributed by atoms with E-state index in [-0.39, 0.29) is 28.7 Å². The number of hydrogen-bond acceptors (Lipinski definition) is 7. The lowest BCUT2D eigenvalue weighted by Gasteiger charge is -2.09. The van der Waals surface area contributed by atoms with E-state index in [1.165, 1.54) is 12.4 Å². The van der Waals surface area contributed by atoms with E-state index >= 15 is 0 Å². The second kappa shape index (κ2) is 4.53. The summed E-state index contributed by atoms with van der Waals surface area (Å²) in [5.74, 6) is 0.350. The number of hydrogen-bond donors (Lipinski definition) is 3.